The lowest BCUT2D eigenvalue weighted by Crippen LogP contribution is -2.31. The van der Waals surface area contributed by atoms with E-state index in [1.165, 1.54) is 10.8 Å². The molecule has 0 aliphatic heterocycles. The molecule has 0 spiro atoms. The molecular formula is C21H24N2O. The van der Waals surface area contributed by atoms with Crippen LogP contribution in [0.1, 0.15) is 6.92 Å². The summed E-state index contributed by atoms with van der Waals surface area (Å²) in [6.45, 7) is 7.62. The van der Waals surface area contributed by atoms with Crippen LogP contribution in [0, 0.1) is 0 Å². The Balaban J connectivity index is 1.80. The maximum atomic E-state index is 10.5. The van der Waals surface area contributed by atoms with E-state index in [1.807, 2.05) is 31.2 Å². The van der Waals surface area contributed by atoms with Gasteiger partial charge < -0.3 is 15.0 Å². The van der Waals surface area contributed by atoms with Gasteiger partial charge in [-0.2, -0.15) is 0 Å². The fourth-order valence-corrected chi connectivity index (χ4v) is 3.15. The molecule has 0 radical (unpaired) electrons. The van der Waals surface area contributed by atoms with Crippen LogP contribution in [0.5, 0.6) is 0 Å². The largest absolute Gasteiger partial charge is 0.390 e. The van der Waals surface area contributed by atoms with E-state index in [1.54, 1.807) is 0 Å². The maximum Gasteiger partial charge on any atom is 0.0843 e. The summed E-state index contributed by atoms with van der Waals surface area (Å²) in [5.74, 6) is 0. The van der Waals surface area contributed by atoms with Crippen LogP contribution in [0.2, 0.25) is 0 Å². The summed E-state index contributed by atoms with van der Waals surface area (Å²) < 4.78 is 2.21. The molecule has 0 aliphatic rings. The first-order valence-electron chi connectivity index (χ1n) is 8.37. The third-order valence-electron chi connectivity index (χ3n) is 4.42. The number of para-hydroxylation sites is 2. The molecule has 24 heavy (non-hydrogen) atoms. The van der Waals surface area contributed by atoms with E-state index in [9.17, 15) is 5.11 Å². The molecule has 1 unspecified atom stereocenters. The predicted octanol–water partition coefficient (Wildman–Crippen LogP) is 3.88. The fourth-order valence-electron chi connectivity index (χ4n) is 3.15. The minimum absolute atomic E-state index is 0.452. The van der Waals surface area contributed by atoms with Crippen molar-refractivity contribution in [2.45, 2.75) is 19.6 Å². The van der Waals surface area contributed by atoms with Crippen molar-refractivity contribution in [3.63, 3.8) is 0 Å². The highest BCUT2D eigenvalue weighted by molar-refractivity contribution is 6.07. The van der Waals surface area contributed by atoms with Crippen LogP contribution in [0.4, 0.5) is 0 Å². The average Bonchev–Trinajstić information content (AvgIpc) is 2.93. The monoisotopic (exact) mass is 320 g/mol. The zero-order valence-electron chi connectivity index (χ0n) is 14.1. The molecule has 3 aromatic rings. The van der Waals surface area contributed by atoms with Crippen LogP contribution in [0.3, 0.4) is 0 Å². The Hall–Kier alpha value is -2.36. The molecule has 0 bridgehead atoms. The van der Waals surface area contributed by atoms with Crippen LogP contribution >= 0.6 is 0 Å². The van der Waals surface area contributed by atoms with Gasteiger partial charge >= 0.3 is 0 Å². The number of aliphatic hydroxyl groups excluding tert-OH is 1. The van der Waals surface area contributed by atoms with Crippen molar-refractivity contribution in [2.24, 2.45) is 0 Å². The number of aliphatic hydroxyl groups is 1. The number of rotatable bonds is 7. The zero-order valence-corrected chi connectivity index (χ0v) is 14.1. The molecule has 124 valence electrons. The van der Waals surface area contributed by atoms with Gasteiger partial charge in [-0.25, -0.2) is 0 Å². The Kier molecular flexibility index (Phi) is 5.14. The molecule has 2 N–H and O–H groups in total. The highest BCUT2D eigenvalue weighted by Crippen LogP contribution is 2.28. The van der Waals surface area contributed by atoms with Gasteiger partial charge in [-0.1, -0.05) is 55.1 Å². The van der Waals surface area contributed by atoms with Crippen molar-refractivity contribution >= 4 is 21.8 Å². The van der Waals surface area contributed by atoms with Crippen molar-refractivity contribution in [2.75, 3.05) is 13.1 Å². The van der Waals surface area contributed by atoms with E-state index in [2.05, 4.69) is 52.9 Å². The van der Waals surface area contributed by atoms with Gasteiger partial charge in [0, 0.05) is 34.9 Å². The minimum atomic E-state index is -0.452. The van der Waals surface area contributed by atoms with Crippen molar-refractivity contribution in [3.05, 3.63) is 72.8 Å². The Morgan fingerprint density at radius 2 is 1.71 bits per heavy atom. The third-order valence-corrected chi connectivity index (χ3v) is 4.42. The molecule has 0 amide bonds. The summed E-state index contributed by atoms with van der Waals surface area (Å²) in [5.41, 5.74) is 3.47. The Morgan fingerprint density at radius 1 is 1.12 bits per heavy atom. The van der Waals surface area contributed by atoms with E-state index in [0.29, 0.717) is 13.1 Å². The van der Waals surface area contributed by atoms with Gasteiger partial charge in [-0.05, 0) is 24.6 Å². The van der Waals surface area contributed by atoms with E-state index in [-0.39, 0.29) is 0 Å². The molecule has 3 nitrogen and oxygen atoms in total. The maximum absolute atomic E-state index is 10.5. The molecule has 0 saturated heterocycles. The van der Waals surface area contributed by atoms with Gasteiger partial charge in [0.05, 0.1) is 12.6 Å². The fraction of sp³-hybridized carbons (Fsp3) is 0.238. The highest BCUT2D eigenvalue weighted by Gasteiger charge is 2.12. The zero-order chi connectivity index (χ0) is 16.9. The molecule has 0 aliphatic carbocycles. The molecule has 1 heterocycles. The molecule has 3 heteroatoms. The van der Waals surface area contributed by atoms with Gasteiger partial charge in [-0.15, -0.1) is 0 Å². The number of benzene rings is 2. The van der Waals surface area contributed by atoms with Crippen molar-refractivity contribution < 1.29 is 5.11 Å². The van der Waals surface area contributed by atoms with Crippen LogP contribution < -0.4 is 5.32 Å². The first kappa shape index (κ1) is 16.5. The van der Waals surface area contributed by atoms with Crippen LogP contribution in [0.25, 0.3) is 21.8 Å². The number of hydrogen-bond acceptors (Lipinski definition) is 2. The third kappa shape index (κ3) is 3.28. The molecule has 0 fully saturated rings. The second-order valence-electron chi connectivity index (χ2n) is 6.00. The molecule has 0 saturated carbocycles. The number of nitrogens with zero attached hydrogens (tertiary/aromatic N) is 1. The smallest absolute Gasteiger partial charge is 0.0843 e. The number of fused-ring (bicyclic) bond motifs is 3. The van der Waals surface area contributed by atoms with Crippen molar-refractivity contribution in [3.8, 4) is 0 Å². The van der Waals surface area contributed by atoms with Crippen LogP contribution in [0.15, 0.2) is 72.8 Å². The standard InChI is InChI=1S/C21H24N2O/c1-3-16(4-2)13-22-14-17(24)15-23-20-11-7-5-9-18(20)19-10-6-8-12-21(19)23/h3-12,17,22,24H,1,13-15H2,2H3/b16-4+. The summed E-state index contributed by atoms with van der Waals surface area (Å²) in [6.07, 6.45) is 3.42. The van der Waals surface area contributed by atoms with Crippen molar-refractivity contribution in [1.82, 2.24) is 9.88 Å². The predicted molar refractivity (Wildman–Crippen MR) is 102 cm³/mol. The summed E-state index contributed by atoms with van der Waals surface area (Å²) in [4.78, 5) is 0. The lowest BCUT2D eigenvalue weighted by atomic mass is 10.2. The van der Waals surface area contributed by atoms with Gasteiger partial charge in [-0.3, -0.25) is 0 Å². The first-order chi connectivity index (χ1) is 11.7. The van der Waals surface area contributed by atoms with Gasteiger partial charge in [0.2, 0.25) is 0 Å². The topological polar surface area (TPSA) is 37.2 Å². The molecule has 2 aromatic carbocycles. The average molecular weight is 320 g/mol. The first-order valence-corrected chi connectivity index (χ1v) is 8.37. The van der Waals surface area contributed by atoms with Gasteiger partial charge in [0.1, 0.15) is 0 Å². The Labute approximate surface area is 142 Å². The molecular weight excluding hydrogens is 296 g/mol. The number of hydrogen-bond donors (Lipinski definition) is 2. The minimum Gasteiger partial charge on any atom is -0.390 e. The van der Waals surface area contributed by atoms with E-state index >= 15 is 0 Å². The van der Waals surface area contributed by atoms with E-state index in [0.717, 1.165) is 23.2 Å². The van der Waals surface area contributed by atoms with Crippen molar-refractivity contribution in [1.29, 1.82) is 0 Å². The summed E-state index contributed by atoms with van der Waals surface area (Å²) in [6, 6.07) is 16.7. The van der Waals surface area contributed by atoms with Crippen LogP contribution in [-0.4, -0.2) is 28.9 Å². The molecule has 1 atom stereocenters. The number of allylic oxidation sites excluding steroid dienone is 1. The summed E-state index contributed by atoms with van der Waals surface area (Å²) in [7, 11) is 0. The molecule has 3 rings (SSSR count). The second kappa shape index (κ2) is 7.47. The normalized spacial score (nSPS) is 13.5. The van der Waals surface area contributed by atoms with E-state index < -0.39 is 6.10 Å². The lowest BCUT2D eigenvalue weighted by molar-refractivity contribution is 0.155. The number of nitrogens with one attached hydrogen (secondary N) is 1. The molecule has 1 aromatic heterocycles. The van der Waals surface area contributed by atoms with Crippen LogP contribution in [-0.2, 0) is 6.54 Å². The van der Waals surface area contributed by atoms with E-state index in [4.69, 9.17) is 0 Å². The van der Waals surface area contributed by atoms with Gasteiger partial charge in [0.25, 0.3) is 0 Å². The highest BCUT2D eigenvalue weighted by atomic mass is 16.3. The SMILES string of the molecule is C=C/C(=C\C)CNCC(O)Cn1c2ccccc2c2ccccc21. The lowest BCUT2D eigenvalue weighted by Gasteiger charge is -2.15. The second-order valence-corrected chi connectivity index (χ2v) is 6.00. The Bertz CT molecular complexity index is 823. The summed E-state index contributed by atoms with van der Waals surface area (Å²) >= 11 is 0. The summed E-state index contributed by atoms with van der Waals surface area (Å²) in [5, 5.41) is 16.2. The number of aromatic nitrogens is 1. The Morgan fingerprint density at radius 3 is 2.25 bits per heavy atom. The van der Waals surface area contributed by atoms with Gasteiger partial charge in [0.15, 0.2) is 0 Å². The quantitative estimate of drug-likeness (QED) is 0.648.